The van der Waals surface area contributed by atoms with Gasteiger partial charge in [-0.1, -0.05) is 17.7 Å². The van der Waals surface area contributed by atoms with Crippen molar-refractivity contribution in [3.8, 4) is 6.07 Å². The third kappa shape index (κ3) is 4.30. The first-order valence-corrected chi connectivity index (χ1v) is 12.4. The molecule has 1 aliphatic heterocycles. The Hall–Kier alpha value is -2.31. The molecule has 0 saturated carbocycles. The molecule has 5 rings (SSSR count). The Morgan fingerprint density at radius 3 is 2.94 bits per heavy atom. The zero-order valence-corrected chi connectivity index (χ0v) is 19.6. The number of thiazole rings is 1. The second kappa shape index (κ2) is 9.28. The molecule has 1 atom stereocenters. The molecule has 0 bridgehead atoms. The van der Waals surface area contributed by atoms with E-state index in [9.17, 15) is 5.26 Å². The summed E-state index contributed by atoms with van der Waals surface area (Å²) in [7, 11) is 0. The summed E-state index contributed by atoms with van der Waals surface area (Å²) in [6.07, 6.45) is 4.90. The van der Waals surface area contributed by atoms with Crippen LogP contribution in [0.3, 0.4) is 0 Å². The maximum atomic E-state index is 9.39. The molecule has 0 unspecified atom stereocenters. The smallest absolute Gasteiger partial charge is 0.180 e. The van der Waals surface area contributed by atoms with E-state index in [-0.39, 0.29) is 0 Å². The van der Waals surface area contributed by atoms with Gasteiger partial charge in [-0.2, -0.15) is 5.26 Å². The normalized spacial score (nSPS) is 19.4. The van der Waals surface area contributed by atoms with Gasteiger partial charge in [-0.05, 0) is 31.4 Å². The number of aryl methyl sites for hydroxylation is 1. The van der Waals surface area contributed by atoms with E-state index in [0.29, 0.717) is 17.7 Å². The number of fused-ring (bicyclic) bond motifs is 2. The molecule has 1 aliphatic carbocycles. The Morgan fingerprint density at radius 2 is 2.12 bits per heavy atom. The average Bonchev–Trinajstić information content (AvgIpc) is 3.43. The molecule has 32 heavy (non-hydrogen) atoms. The van der Waals surface area contributed by atoms with E-state index < -0.39 is 0 Å². The molecule has 1 saturated heterocycles. The van der Waals surface area contributed by atoms with E-state index in [0.717, 1.165) is 85.8 Å². The van der Waals surface area contributed by atoms with Crippen LogP contribution in [0, 0.1) is 11.3 Å². The van der Waals surface area contributed by atoms with Crippen molar-refractivity contribution in [3.05, 3.63) is 40.0 Å². The number of halogens is 1. The van der Waals surface area contributed by atoms with Crippen LogP contribution in [0.2, 0.25) is 5.02 Å². The Kier molecular flexibility index (Phi) is 6.24. The lowest BCUT2D eigenvalue weighted by Gasteiger charge is -2.38. The van der Waals surface area contributed by atoms with Crippen molar-refractivity contribution in [2.24, 2.45) is 0 Å². The predicted octanol–water partition coefficient (Wildman–Crippen LogP) is 3.37. The molecule has 3 heterocycles. The summed E-state index contributed by atoms with van der Waals surface area (Å²) in [4.78, 5) is 16.2. The first-order chi connectivity index (χ1) is 15.6. The van der Waals surface area contributed by atoms with Crippen molar-refractivity contribution in [1.82, 2.24) is 19.8 Å². The van der Waals surface area contributed by atoms with E-state index in [4.69, 9.17) is 17.3 Å². The number of rotatable bonds is 6. The fraction of sp³-hybridized carbons (Fsp3) is 0.478. The summed E-state index contributed by atoms with van der Waals surface area (Å²) in [6.45, 7) is 6.28. The van der Waals surface area contributed by atoms with Crippen LogP contribution >= 0.6 is 22.9 Å². The molecule has 0 radical (unpaired) electrons. The van der Waals surface area contributed by atoms with Gasteiger partial charge in [0.1, 0.15) is 0 Å². The third-order valence-electron chi connectivity index (χ3n) is 6.78. The molecule has 7 nitrogen and oxygen atoms in total. The Morgan fingerprint density at radius 1 is 1.28 bits per heavy atom. The fourth-order valence-corrected chi connectivity index (χ4v) is 6.27. The standard InChI is InChI=1S/C23H28ClN7S/c24-21-19(4-1-16-5-7-27-22(16)21)31-13-10-29(11-14-31)9-12-30(8-6-25)17-2-3-18-20(15-17)32-23(26)28-18/h1,4-5,7,17,27H,2-3,8-15H2,(H2,26,28)/t17-/m0/s1. The van der Waals surface area contributed by atoms with Crippen LogP contribution < -0.4 is 10.6 Å². The molecule has 2 aromatic heterocycles. The van der Waals surface area contributed by atoms with Crippen LogP contribution in [-0.4, -0.2) is 71.6 Å². The number of aromatic amines is 1. The number of H-pyrrole nitrogens is 1. The summed E-state index contributed by atoms with van der Waals surface area (Å²) >= 11 is 8.28. The monoisotopic (exact) mass is 469 g/mol. The quantitative estimate of drug-likeness (QED) is 0.538. The Balaban J connectivity index is 1.16. The van der Waals surface area contributed by atoms with Crippen molar-refractivity contribution in [2.75, 3.05) is 56.4 Å². The lowest BCUT2D eigenvalue weighted by Crippen LogP contribution is -2.50. The van der Waals surface area contributed by atoms with E-state index >= 15 is 0 Å². The number of nitrogens with zero attached hydrogens (tertiary/aromatic N) is 5. The van der Waals surface area contributed by atoms with Crippen LogP contribution in [-0.2, 0) is 12.8 Å². The van der Waals surface area contributed by atoms with Crippen molar-refractivity contribution >= 4 is 44.7 Å². The van der Waals surface area contributed by atoms with Gasteiger partial charge in [0.25, 0.3) is 0 Å². The van der Waals surface area contributed by atoms with Gasteiger partial charge in [0.2, 0.25) is 0 Å². The lowest BCUT2D eigenvalue weighted by molar-refractivity contribution is 0.160. The number of piperazine rings is 1. The molecule has 9 heteroatoms. The summed E-state index contributed by atoms with van der Waals surface area (Å²) in [5.41, 5.74) is 9.18. The van der Waals surface area contributed by atoms with E-state index in [2.05, 4.69) is 42.9 Å². The second-order valence-corrected chi connectivity index (χ2v) is 10.1. The highest BCUT2D eigenvalue weighted by molar-refractivity contribution is 7.15. The molecule has 1 fully saturated rings. The molecular weight excluding hydrogens is 442 g/mol. The Bertz CT molecular complexity index is 1130. The van der Waals surface area contributed by atoms with Crippen LogP contribution in [0.25, 0.3) is 10.9 Å². The van der Waals surface area contributed by atoms with Crippen molar-refractivity contribution < 1.29 is 0 Å². The number of aromatic nitrogens is 2. The number of nitriles is 1. The maximum absolute atomic E-state index is 9.39. The van der Waals surface area contributed by atoms with Gasteiger partial charge < -0.3 is 15.6 Å². The van der Waals surface area contributed by atoms with Gasteiger partial charge in [-0.25, -0.2) is 4.98 Å². The zero-order valence-electron chi connectivity index (χ0n) is 18.1. The minimum Gasteiger partial charge on any atom is -0.375 e. The SMILES string of the molecule is N#CCN(CCN1CCN(c2ccc3cc[nH]c3c2Cl)CC1)[C@H]1CCc2nc(N)sc2C1. The van der Waals surface area contributed by atoms with Gasteiger partial charge in [0, 0.05) is 61.8 Å². The minimum absolute atomic E-state index is 0.398. The number of hydrogen-bond donors (Lipinski definition) is 2. The molecule has 3 aromatic rings. The zero-order chi connectivity index (χ0) is 22.1. The highest BCUT2D eigenvalue weighted by atomic mass is 35.5. The topological polar surface area (TPSA) is 88.2 Å². The molecule has 0 spiro atoms. The second-order valence-electron chi connectivity index (χ2n) is 8.62. The number of hydrogen-bond acceptors (Lipinski definition) is 7. The van der Waals surface area contributed by atoms with E-state index in [1.807, 2.05) is 12.3 Å². The highest BCUT2D eigenvalue weighted by Crippen LogP contribution is 2.33. The molecule has 2 aliphatic rings. The summed E-state index contributed by atoms with van der Waals surface area (Å²) < 4.78 is 0. The van der Waals surface area contributed by atoms with Crippen molar-refractivity contribution in [2.45, 2.75) is 25.3 Å². The first kappa shape index (κ1) is 21.5. The van der Waals surface area contributed by atoms with Crippen LogP contribution in [0.5, 0.6) is 0 Å². The number of anilines is 2. The minimum atomic E-state index is 0.398. The average molecular weight is 470 g/mol. The lowest BCUT2D eigenvalue weighted by atomic mass is 9.96. The molecule has 168 valence electrons. The third-order valence-corrected chi connectivity index (χ3v) is 8.11. The van der Waals surface area contributed by atoms with Crippen molar-refractivity contribution in [1.29, 1.82) is 5.26 Å². The number of nitrogens with two attached hydrogens (primary N) is 1. The Labute approximate surface area is 197 Å². The molecule has 1 aromatic carbocycles. The summed E-state index contributed by atoms with van der Waals surface area (Å²) in [5, 5.41) is 12.0. The van der Waals surface area contributed by atoms with Gasteiger partial charge >= 0.3 is 0 Å². The van der Waals surface area contributed by atoms with Crippen LogP contribution in [0.4, 0.5) is 10.8 Å². The van der Waals surface area contributed by atoms with Crippen molar-refractivity contribution in [3.63, 3.8) is 0 Å². The largest absolute Gasteiger partial charge is 0.375 e. The van der Waals surface area contributed by atoms with E-state index in [1.54, 1.807) is 11.3 Å². The van der Waals surface area contributed by atoms with Gasteiger partial charge in [0.15, 0.2) is 5.13 Å². The first-order valence-electron chi connectivity index (χ1n) is 11.2. The predicted molar refractivity (Wildman–Crippen MR) is 131 cm³/mol. The van der Waals surface area contributed by atoms with Crippen LogP contribution in [0.1, 0.15) is 17.0 Å². The summed E-state index contributed by atoms with van der Waals surface area (Å²) in [6, 6.07) is 9.08. The fourth-order valence-electron chi connectivity index (χ4n) is 4.98. The van der Waals surface area contributed by atoms with Gasteiger partial charge in [-0.15, -0.1) is 11.3 Å². The number of nitrogens with one attached hydrogen (secondary N) is 1. The summed E-state index contributed by atoms with van der Waals surface area (Å²) in [5.74, 6) is 0. The molecular formula is C23H28ClN7S. The number of benzene rings is 1. The van der Waals surface area contributed by atoms with E-state index in [1.165, 1.54) is 4.88 Å². The highest BCUT2D eigenvalue weighted by Gasteiger charge is 2.27. The molecule has 0 amide bonds. The molecule has 3 N–H and O–H groups in total. The maximum Gasteiger partial charge on any atom is 0.180 e. The van der Waals surface area contributed by atoms with Gasteiger partial charge in [0.05, 0.1) is 34.5 Å². The van der Waals surface area contributed by atoms with Gasteiger partial charge in [-0.3, -0.25) is 9.80 Å². The van der Waals surface area contributed by atoms with Crippen LogP contribution in [0.15, 0.2) is 24.4 Å². The number of nitrogen functional groups attached to an aromatic ring is 1.